The summed E-state index contributed by atoms with van der Waals surface area (Å²) in [7, 11) is 0. The van der Waals surface area contributed by atoms with E-state index in [0.717, 1.165) is 16.2 Å². The number of benzene rings is 1. The highest BCUT2D eigenvalue weighted by Gasteiger charge is 2.12. The average Bonchev–Trinajstić information content (AvgIpc) is 2.47. The van der Waals surface area contributed by atoms with Crippen molar-refractivity contribution in [2.45, 2.75) is 24.9 Å². The maximum atomic E-state index is 12.0. The van der Waals surface area contributed by atoms with Gasteiger partial charge < -0.3 is 5.32 Å². The van der Waals surface area contributed by atoms with Crippen LogP contribution in [0.15, 0.2) is 47.6 Å². The lowest BCUT2D eigenvalue weighted by atomic mass is 10.1. The van der Waals surface area contributed by atoms with Crippen molar-refractivity contribution in [3.8, 4) is 0 Å². The Balaban J connectivity index is 1.87. The van der Waals surface area contributed by atoms with Crippen molar-refractivity contribution in [2.24, 2.45) is 0 Å². The molecule has 0 aliphatic carbocycles. The van der Waals surface area contributed by atoms with Crippen LogP contribution in [0.4, 0.5) is 0 Å². The minimum absolute atomic E-state index is 0.0326. The first-order chi connectivity index (χ1) is 10.1. The second-order valence-electron chi connectivity index (χ2n) is 4.77. The maximum Gasteiger partial charge on any atom is 0.230 e. The van der Waals surface area contributed by atoms with E-state index in [-0.39, 0.29) is 11.9 Å². The monoisotopic (exact) mass is 320 g/mol. The van der Waals surface area contributed by atoms with E-state index in [9.17, 15) is 4.79 Å². The number of aryl methyl sites for hydroxylation is 1. The fraction of sp³-hybridized carbons (Fsp3) is 0.250. The molecule has 0 saturated carbocycles. The Morgan fingerprint density at radius 2 is 2.10 bits per heavy atom. The number of thioether (sulfide) groups is 1. The molecular weight excluding hydrogens is 304 g/mol. The van der Waals surface area contributed by atoms with Crippen molar-refractivity contribution in [3.05, 3.63) is 58.7 Å². The number of hydrogen-bond donors (Lipinski definition) is 1. The maximum absolute atomic E-state index is 12.0. The van der Waals surface area contributed by atoms with E-state index in [1.807, 2.05) is 50.2 Å². The standard InChI is InChI=1S/C16H17ClN2OS/c1-11-7-8-16(18-9-11)21-10-15(20)19-12(2)13-5-3-4-6-14(13)17/h3-9,12H,10H2,1-2H3,(H,19,20). The number of carbonyl (C=O) groups excluding carboxylic acids is 1. The normalized spacial score (nSPS) is 12.0. The Kier molecular flexibility index (Phi) is 5.65. The zero-order valence-corrected chi connectivity index (χ0v) is 13.5. The van der Waals surface area contributed by atoms with Crippen LogP contribution in [0.2, 0.25) is 5.02 Å². The van der Waals surface area contributed by atoms with Gasteiger partial charge in [0, 0.05) is 11.2 Å². The third-order valence-electron chi connectivity index (χ3n) is 2.98. The van der Waals surface area contributed by atoms with Gasteiger partial charge in [0.15, 0.2) is 0 Å². The molecule has 21 heavy (non-hydrogen) atoms. The first kappa shape index (κ1) is 15.9. The lowest BCUT2D eigenvalue weighted by Gasteiger charge is -2.15. The van der Waals surface area contributed by atoms with Crippen LogP contribution >= 0.6 is 23.4 Å². The molecule has 1 unspecified atom stereocenters. The third-order valence-corrected chi connectivity index (χ3v) is 4.27. The number of hydrogen-bond acceptors (Lipinski definition) is 3. The Hall–Kier alpha value is -1.52. The summed E-state index contributed by atoms with van der Waals surface area (Å²) >= 11 is 7.55. The number of amides is 1. The largest absolute Gasteiger partial charge is 0.349 e. The molecule has 0 aliphatic rings. The van der Waals surface area contributed by atoms with Crippen molar-refractivity contribution < 1.29 is 4.79 Å². The zero-order valence-electron chi connectivity index (χ0n) is 12.0. The van der Waals surface area contributed by atoms with Gasteiger partial charge in [-0.05, 0) is 37.1 Å². The second kappa shape index (κ2) is 7.48. The summed E-state index contributed by atoms with van der Waals surface area (Å²) in [4.78, 5) is 16.2. The number of carbonyl (C=O) groups is 1. The Morgan fingerprint density at radius 3 is 2.76 bits per heavy atom. The predicted octanol–water partition coefficient (Wildman–Crippen LogP) is 4.01. The van der Waals surface area contributed by atoms with Gasteiger partial charge in [0.2, 0.25) is 5.91 Å². The topological polar surface area (TPSA) is 42.0 Å². The molecule has 0 saturated heterocycles. The number of nitrogens with zero attached hydrogens (tertiary/aromatic N) is 1. The molecule has 3 nitrogen and oxygen atoms in total. The van der Waals surface area contributed by atoms with E-state index in [2.05, 4.69) is 10.3 Å². The van der Waals surface area contributed by atoms with Crippen LogP contribution in [-0.4, -0.2) is 16.6 Å². The van der Waals surface area contributed by atoms with Crippen molar-refractivity contribution >= 4 is 29.3 Å². The van der Waals surface area contributed by atoms with E-state index in [1.54, 1.807) is 6.20 Å². The smallest absolute Gasteiger partial charge is 0.230 e. The molecule has 2 rings (SSSR count). The summed E-state index contributed by atoms with van der Waals surface area (Å²) in [5, 5.41) is 4.46. The molecule has 1 heterocycles. The van der Waals surface area contributed by atoms with Crippen LogP contribution < -0.4 is 5.32 Å². The molecule has 5 heteroatoms. The molecule has 0 fully saturated rings. The highest BCUT2D eigenvalue weighted by molar-refractivity contribution is 7.99. The van der Waals surface area contributed by atoms with Crippen LogP contribution in [0.5, 0.6) is 0 Å². The lowest BCUT2D eigenvalue weighted by molar-refractivity contribution is -0.119. The van der Waals surface area contributed by atoms with Gasteiger partial charge in [0.1, 0.15) is 0 Å². The third kappa shape index (κ3) is 4.76. The van der Waals surface area contributed by atoms with Crippen molar-refractivity contribution in [1.29, 1.82) is 0 Å². The fourth-order valence-electron chi connectivity index (χ4n) is 1.87. The van der Waals surface area contributed by atoms with Crippen molar-refractivity contribution in [1.82, 2.24) is 10.3 Å². The molecule has 1 aromatic heterocycles. The highest BCUT2D eigenvalue weighted by Crippen LogP contribution is 2.22. The molecule has 1 amide bonds. The van der Waals surface area contributed by atoms with E-state index in [4.69, 9.17) is 11.6 Å². The van der Waals surface area contributed by atoms with E-state index < -0.39 is 0 Å². The minimum atomic E-state index is -0.113. The molecule has 0 bridgehead atoms. The summed E-state index contributed by atoms with van der Waals surface area (Å²) in [5.41, 5.74) is 2.03. The van der Waals surface area contributed by atoms with Crippen LogP contribution in [0, 0.1) is 6.92 Å². The number of aromatic nitrogens is 1. The molecular formula is C16H17ClN2OS. The molecule has 0 spiro atoms. The fourth-order valence-corrected chi connectivity index (χ4v) is 2.82. The zero-order chi connectivity index (χ0) is 15.2. The Bertz CT molecular complexity index is 616. The lowest BCUT2D eigenvalue weighted by Crippen LogP contribution is -2.28. The number of rotatable bonds is 5. The number of pyridine rings is 1. The van der Waals surface area contributed by atoms with Gasteiger partial charge in [0.25, 0.3) is 0 Å². The van der Waals surface area contributed by atoms with E-state index in [0.29, 0.717) is 10.8 Å². The summed E-state index contributed by atoms with van der Waals surface area (Å²) in [6, 6.07) is 11.3. The predicted molar refractivity (Wildman–Crippen MR) is 87.7 cm³/mol. The first-order valence-corrected chi connectivity index (χ1v) is 8.02. The van der Waals surface area contributed by atoms with Gasteiger partial charge in [-0.2, -0.15) is 0 Å². The van der Waals surface area contributed by atoms with Gasteiger partial charge in [-0.15, -0.1) is 0 Å². The average molecular weight is 321 g/mol. The van der Waals surface area contributed by atoms with Gasteiger partial charge in [0.05, 0.1) is 16.8 Å². The SMILES string of the molecule is Cc1ccc(SCC(=O)NC(C)c2ccccc2Cl)nc1. The molecule has 2 aromatic rings. The highest BCUT2D eigenvalue weighted by atomic mass is 35.5. The van der Waals surface area contributed by atoms with Gasteiger partial charge in [-0.3, -0.25) is 4.79 Å². The summed E-state index contributed by atoms with van der Waals surface area (Å²) < 4.78 is 0. The van der Waals surface area contributed by atoms with Crippen LogP contribution in [0.25, 0.3) is 0 Å². The van der Waals surface area contributed by atoms with Gasteiger partial charge >= 0.3 is 0 Å². The quantitative estimate of drug-likeness (QED) is 0.846. The first-order valence-electron chi connectivity index (χ1n) is 6.65. The number of nitrogens with one attached hydrogen (secondary N) is 1. The van der Waals surface area contributed by atoms with Gasteiger partial charge in [-0.25, -0.2) is 4.98 Å². The van der Waals surface area contributed by atoms with E-state index >= 15 is 0 Å². The summed E-state index contributed by atoms with van der Waals surface area (Å²) in [5.74, 6) is 0.306. The number of halogens is 1. The molecule has 0 radical (unpaired) electrons. The summed E-state index contributed by atoms with van der Waals surface area (Å²) in [6.45, 7) is 3.91. The Labute approximate surface area is 134 Å². The van der Waals surface area contributed by atoms with Crippen molar-refractivity contribution in [3.63, 3.8) is 0 Å². The molecule has 0 aliphatic heterocycles. The molecule has 1 atom stereocenters. The van der Waals surface area contributed by atoms with E-state index in [1.165, 1.54) is 11.8 Å². The van der Waals surface area contributed by atoms with Crippen LogP contribution in [0.3, 0.4) is 0 Å². The van der Waals surface area contributed by atoms with Gasteiger partial charge in [-0.1, -0.05) is 47.6 Å². The minimum Gasteiger partial charge on any atom is -0.349 e. The van der Waals surface area contributed by atoms with Crippen molar-refractivity contribution in [2.75, 3.05) is 5.75 Å². The molecule has 1 N–H and O–H groups in total. The second-order valence-corrected chi connectivity index (χ2v) is 6.18. The molecule has 110 valence electrons. The summed E-state index contributed by atoms with van der Waals surface area (Å²) in [6.07, 6.45) is 1.80. The Morgan fingerprint density at radius 1 is 1.33 bits per heavy atom. The van der Waals surface area contributed by atoms with Crippen LogP contribution in [0.1, 0.15) is 24.1 Å². The van der Waals surface area contributed by atoms with Crippen LogP contribution in [-0.2, 0) is 4.79 Å². The molecule has 1 aromatic carbocycles.